The van der Waals surface area contributed by atoms with Gasteiger partial charge in [0.05, 0.1) is 12.6 Å². The Balaban J connectivity index is 2.59. The van der Waals surface area contributed by atoms with Crippen LogP contribution < -0.4 is 5.32 Å². The molecule has 0 saturated heterocycles. The number of nitrogens with one attached hydrogen (secondary N) is 1. The number of hydrogen-bond acceptors (Lipinski definition) is 8. The second kappa shape index (κ2) is 8.66. The zero-order chi connectivity index (χ0) is 16.7. The van der Waals surface area contributed by atoms with Crippen molar-refractivity contribution in [2.45, 2.75) is 30.8 Å². The molecule has 1 aromatic carbocycles. The van der Waals surface area contributed by atoms with Gasteiger partial charge in [-0.25, -0.2) is 0 Å². The average Bonchev–Trinajstić information content (AvgIpc) is 2.51. The van der Waals surface area contributed by atoms with E-state index in [-0.39, 0.29) is 30.0 Å². The number of phenols is 2. The van der Waals surface area contributed by atoms with Crippen molar-refractivity contribution in [2.24, 2.45) is 0 Å². The molecule has 0 aliphatic heterocycles. The maximum absolute atomic E-state index is 11.0. The van der Waals surface area contributed by atoms with E-state index in [0.29, 0.717) is 6.29 Å². The number of phenolic OH excluding ortho intramolecular Hbond substituents is 2. The van der Waals surface area contributed by atoms with Gasteiger partial charge in [-0.15, -0.1) is 0 Å². The first-order valence-electron chi connectivity index (χ1n) is 6.76. The van der Waals surface area contributed by atoms with Crippen LogP contribution in [0.5, 0.6) is 11.5 Å². The molecule has 0 radical (unpaired) electrons. The number of hydrogen-bond donors (Lipinski definition) is 7. The Morgan fingerprint density at radius 1 is 1.09 bits per heavy atom. The summed E-state index contributed by atoms with van der Waals surface area (Å²) in [6.45, 7) is -0.636. The third-order valence-electron chi connectivity index (χ3n) is 3.33. The van der Waals surface area contributed by atoms with Gasteiger partial charge in [-0.1, -0.05) is 6.07 Å². The van der Waals surface area contributed by atoms with Crippen LogP contribution in [0, 0.1) is 0 Å². The monoisotopic (exact) mass is 315 g/mol. The van der Waals surface area contributed by atoms with E-state index in [1.54, 1.807) is 0 Å². The minimum Gasteiger partial charge on any atom is -0.508 e. The molecule has 1 rings (SSSR count). The van der Waals surface area contributed by atoms with Crippen molar-refractivity contribution in [3.63, 3.8) is 0 Å². The molecule has 0 aliphatic rings. The van der Waals surface area contributed by atoms with E-state index in [1.807, 2.05) is 0 Å². The first-order valence-corrected chi connectivity index (χ1v) is 6.76. The molecule has 8 nitrogen and oxygen atoms in total. The highest BCUT2D eigenvalue weighted by Crippen LogP contribution is 2.26. The highest BCUT2D eigenvalue weighted by atomic mass is 16.4. The minimum absolute atomic E-state index is 0.0965. The van der Waals surface area contributed by atoms with Crippen molar-refractivity contribution in [1.29, 1.82) is 0 Å². The maximum Gasteiger partial charge on any atom is 0.139 e. The second-order valence-corrected chi connectivity index (χ2v) is 4.87. The molecule has 22 heavy (non-hydrogen) atoms. The van der Waals surface area contributed by atoms with Gasteiger partial charge in [0.25, 0.3) is 0 Å². The van der Waals surface area contributed by atoms with Gasteiger partial charge in [0.15, 0.2) is 0 Å². The van der Waals surface area contributed by atoms with Crippen molar-refractivity contribution in [3.05, 3.63) is 23.8 Å². The Labute approximate surface area is 127 Å². The summed E-state index contributed by atoms with van der Waals surface area (Å²) in [4.78, 5) is 11.0. The van der Waals surface area contributed by atoms with Crippen LogP contribution in [0.2, 0.25) is 0 Å². The first kappa shape index (κ1) is 18.3. The van der Waals surface area contributed by atoms with Gasteiger partial charge in [-0.2, -0.15) is 0 Å². The quantitative estimate of drug-likeness (QED) is 0.255. The Hall–Kier alpha value is -1.71. The standard InChI is InChI=1S/C14H21NO7/c16-6-9(13(21)14(22)12(20)7-17)15-5-4-8-10(18)2-1-3-11(8)19/h1-3,6,9,12-15,17-22H,4-5,7H2/t9-,12+,13+,14+/m0/s1. The molecular weight excluding hydrogens is 294 g/mol. The topological polar surface area (TPSA) is 150 Å². The zero-order valence-corrected chi connectivity index (χ0v) is 11.8. The molecule has 0 aliphatic carbocycles. The lowest BCUT2D eigenvalue weighted by Gasteiger charge is -2.26. The molecule has 0 heterocycles. The van der Waals surface area contributed by atoms with E-state index in [9.17, 15) is 30.3 Å². The predicted octanol–water partition coefficient (Wildman–Crippen LogP) is -2.13. The molecule has 1 aromatic rings. The summed E-state index contributed by atoms with van der Waals surface area (Å²) in [6.07, 6.45) is -4.33. The van der Waals surface area contributed by atoms with Crippen LogP contribution in [-0.4, -0.2) is 74.4 Å². The maximum atomic E-state index is 11.0. The van der Waals surface area contributed by atoms with Crippen molar-refractivity contribution >= 4 is 6.29 Å². The molecule has 0 bridgehead atoms. The number of aldehydes is 1. The lowest BCUT2D eigenvalue weighted by Crippen LogP contribution is -2.52. The van der Waals surface area contributed by atoms with Crippen LogP contribution >= 0.6 is 0 Å². The van der Waals surface area contributed by atoms with E-state index >= 15 is 0 Å². The van der Waals surface area contributed by atoms with Gasteiger partial charge in [-0.05, 0) is 18.6 Å². The summed E-state index contributed by atoms with van der Waals surface area (Å²) < 4.78 is 0. The van der Waals surface area contributed by atoms with E-state index in [2.05, 4.69) is 5.32 Å². The van der Waals surface area contributed by atoms with E-state index in [4.69, 9.17) is 5.11 Å². The summed E-state index contributed by atoms with van der Waals surface area (Å²) in [5.74, 6) is -0.193. The van der Waals surface area contributed by atoms with Gasteiger partial charge in [0.1, 0.15) is 36.1 Å². The van der Waals surface area contributed by atoms with Crippen molar-refractivity contribution in [1.82, 2.24) is 5.32 Å². The summed E-state index contributed by atoms with van der Waals surface area (Å²) in [5.41, 5.74) is 0.282. The number of aliphatic hydroxyl groups excluding tert-OH is 4. The first-order chi connectivity index (χ1) is 10.4. The molecule has 0 fully saturated rings. The number of carbonyl (C=O) groups is 1. The molecule has 7 N–H and O–H groups in total. The summed E-state index contributed by atoms with van der Waals surface area (Å²) >= 11 is 0. The highest BCUT2D eigenvalue weighted by molar-refractivity contribution is 5.59. The van der Waals surface area contributed by atoms with Crippen LogP contribution in [0.4, 0.5) is 0 Å². The van der Waals surface area contributed by atoms with Gasteiger partial charge >= 0.3 is 0 Å². The molecular formula is C14H21NO7. The largest absolute Gasteiger partial charge is 0.508 e. The number of rotatable bonds is 9. The SMILES string of the molecule is O=C[C@H](NCCc1c(O)cccc1O)[C@@H](O)[C@H](O)[C@H](O)CO. The molecule has 4 atom stereocenters. The lowest BCUT2D eigenvalue weighted by molar-refractivity contribution is -0.120. The summed E-state index contributed by atoms with van der Waals surface area (Å²) in [6, 6.07) is 3.11. The Morgan fingerprint density at radius 2 is 1.68 bits per heavy atom. The molecule has 0 unspecified atom stereocenters. The van der Waals surface area contributed by atoms with Gasteiger partial charge < -0.3 is 40.8 Å². The van der Waals surface area contributed by atoms with Gasteiger partial charge in [-0.3, -0.25) is 0 Å². The van der Waals surface area contributed by atoms with Crippen LogP contribution in [0.15, 0.2) is 18.2 Å². The Morgan fingerprint density at radius 3 is 2.18 bits per heavy atom. The summed E-state index contributed by atoms with van der Waals surface area (Å²) in [5, 5.41) is 59.1. The van der Waals surface area contributed by atoms with E-state index in [0.717, 1.165) is 0 Å². The predicted molar refractivity (Wildman–Crippen MR) is 76.4 cm³/mol. The van der Waals surface area contributed by atoms with E-state index < -0.39 is 31.0 Å². The fraction of sp³-hybridized carbons (Fsp3) is 0.500. The van der Waals surface area contributed by atoms with Crippen molar-refractivity contribution in [3.8, 4) is 11.5 Å². The fourth-order valence-electron chi connectivity index (χ4n) is 1.98. The molecule has 124 valence electrons. The van der Waals surface area contributed by atoms with Crippen LogP contribution in [-0.2, 0) is 11.2 Å². The van der Waals surface area contributed by atoms with Gasteiger partial charge in [0.2, 0.25) is 0 Å². The molecule has 0 spiro atoms. The second-order valence-electron chi connectivity index (χ2n) is 4.87. The molecule has 8 heteroatoms. The fourth-order valence-corrected chi connectivity index (χ4v) is 1.98. The van der Waals surface area contributed by atoms with Crippen molar-refractivity contribution in [2.75, 3.05) is 13.2 Å². The molecule has 0 aromatic heterocycles. The van der Waals surface area contributed by atoms with Gasteiger partial charge in [0, 0.05) is 12.1 Å². The van der Waals surface area contributed by atoms with Crippen LogP contribution in [0.1, 0.15) is 5.56 Å². The molecule has 0 saturated carbocycles. The van der Waals surface area contributed by atoms with Crippen LogP contribution in [0.3, 0.4) is 0 Å². The normalized spacial score (nSPS) is 16.7. The Kier molecular flexibility index (Phi) is 7.22. The number of aliphatic hydroxyl groups is 4. The third-order valence-corrected chi connectivity index (χ3v) is 3.33. The number of carbonyl (C=O) groups excluding carboxylic acids is 1. The minimum atomic E-state index is -1.69. The third kappa shape index (κ3) is 4.65. The Bertz CT molecular complexity index is 462. The summed E-state index contributed by atoms with van der Waals surface area (Å²) in [7, 11) is 0. The number of benzene rings is 1. The average molecular weight is 315 g/mol. The highest BCUT2D eigenvalue weighted by Gasteiger charge is 2.30. The van der Waals surface area contributed by atoms with E-state index in [1.165, 1.54) is 18.2 Å². The smallest absolute Gasteiger partial charge is 0.139 e. The molecule has 0 amide bonds. The lowest BCUT2D eigenvalue weighted by atomic mass is 10.0. The van der Waals surface area contributed by atoms with Crippen molar-refractivity contribution < 1.29 is 35.4 Å². The number of aromatic hydroxyl groups is 2. The van der Waals surface area contributed by atoms with Crippen LogP contribution in [0.25, 0.3) is 0 Å². The zero-order valence-electron chi connectivity index (χ0n) is 11.8.